The maximum atomic E-state index is 12.5. The number of hydrogen-bond acceptors (Lipinski definition) is 4. The Labute approximate surface area is 136 Å². The topological polar surface area (TPSA) is 55.3 Å². The summed E-state index contributed by atoms with van der Waals surface area (Å²) in [4.78, 5) is 22.7. The Hall–Kier alpha value is -2.43. The molecule has 1 saturated heterocycles. The van der Waals surface area contributed by atoms with Crippen LogP contribution in [0.25, 0.3) is 0 Å². The van der Waals surface area contributed by atoms with E-state index in [1.165, 1.54) is 0 Å². The molecule has 23 heavy (non-hydrogen) atoms. The molecule has 0 spiro atoms. The summed E-state index contributed by atoms with van der Waals surface area (Å²) >= 11 is 0. The standard InChI is InChI=1S/C18H21N3O2/c1-13-3-4-17(20-11-13)23-16-5-7-21(8-6-16)18(22)15-9-14(2)10-19-12-15/h3-4,9-12,16H,5-8H2,1-2H3. The van der Waals surface area contributed by atoms with Gasteiger partial charge in [-0.1, -0.05) is 6.07 Å². The number of ether oxygens (including phenoxy) is 1. The van der Waals surface area contributed by atoms with E-state index in [0.717, 1.165) is 24.0 Å². The van der Waals surface area contributed by atoms with Crippen molar-refractivity contribution in [1.29, 1.82) is 0 Å². The van der Waals surface area contributed by atoms with Gasteiger partial charge in [-0.05, 0) is 31.0 Å². The summed E-state index contributed by atoms with van der Waals surface area (Å²) in [5, 5.41) is 0. The number of pyridine rings is 2. The van der Waals surface area contributed by atoms with Crippen LogP contribution in [0.2, 0.25) is 0 Å². The summed E-state index contributed by atoms with van der Waals surface area (Å²) in [5.41, 5.74) is 2.77. The van der Waals surface area contributed by atoms with Crippen LogP contribution in [-0.2, 0) is 0 Å². The highest BCUT2D eigenvalue weighted by atomic mass is 16.5. The van der Waals surface area contributed by atoms with Crippen molar-refractivity contribution in [2.24, 2.45) is 0 Å². The molecule has 0 saturated carbocycles. The smallest absolute Gasteiger partial charge is 0.255 e. The first-order chi connectivity index (χ1) is 11.1. The number of piperidine rings is 1. The number of likely N-dealkylation sites (tertiary alicyclic amines) is 1. The van der Waals surface area contributed by atoms with E-state index in [1.807, 2.05) is 36.9 Å². The van der Waals surface area contributed by atoms with Gasteiger partial charge in [-0.2, -0.15) is 0 Å². The fourth-order valence-corrected chi connectivity index (χ4v) is 2.73. The molecule has 5 heteroatoms. The average molecular weight is 311 g/mol. The third-order valence-electron chi connectivity index (χ3n) is 4.02. The molecule has 3 heterocycles. The molecule has 1 fully saturated rings. The normalized spacial score (nSPS) is 15.5. The van der Waals surface area contributed by atoms with E-state index >= 15 is 0 Å². The Morgan fingerprint density at radius 3 is 2.57 bits per heavy atom. The Bertz CT molecular complexity index is 677. The maximum absolute atomic E-state index is 12.5. The van der Waals surface area contributed by atoms with Gasteiger partial charge < -0.3 is 9.64 Å². The number of aryl methyl sites for hydroxylation is 2. The van der Waals surface area contributed by atoms with Crippen molar-refractivity contribution in [2.75, 3.05) is 13.1 Å². The second-order valence-electron chi connectivity index (χ2n) is 6.03. The zero-order valence-electron chi connectivity index (χ0n) is 13.5. The lowest BCUT2D eigenvalue weighted by molar-refractivity contribution is 0.0587. The predicted octanol–water partition coefficient (Wildman–Crippen LogP) is 2.78. The first-order valence-corrected chi connectivity index (χ1v) is 7.92. The quantitative estimate of drug-likeness (QED) is 0.874. The molecule has 5 nitrogen and oxygen atoms in total. The number of aromatic nitrogens is 2. The molecule has 1 aliphatic rings. The lowest BCUT2D eigenvalue weighted by Gasteiger charge is -2.32. The molecule has 2 aromatic heterocycles. The van der Waals surface area contributed by atoms with Gasteiger partial charge in [0.2, 0.25) is 5.88 Å². The molecule has 0 atom stereocenters. The zero-order valence-corrected chi connectivity index (χ0v) is 13.5. The van der Waals surface area contributed by atoms with E-state index in [0.29, 0.717) is 24.5 Å². The van der Waals surface area contributed by atoms with Crippen LogP contribution in [0.4, 0.5) is 0 Å². The molecule has 0 bridgehead atoms. The molecule has 2 aromatic rings. The molecular formula is C18H21N3O2. The van der Waals surface area contributed by atoms with Crippen LogP contribution in [0.5, 0.6) is 5.88 Å². The first-order valence-electron chi connectivity index (χ1n) is 7.92. The second-order valence-corrected chi connectivity index (χ2v) is 6.03. The van der Waals surface area contributed by atoms with Crippen LogP contribution in [0.3, 0.4) is 0 Å². The van der Waals surface area contributed by atoms with Gasteiger partial charge >= 0.3 is 0 Å². The van der Waals surface area contributed by atoms with Crippen LogP contribution >= 0.6 is 0 Å². The van der Waals surface area contributed by atoms with Crippen LogP contribution < -0.4 is 4.74 Å². The van der Waals surface area contributed by atoms with Crippen molar-refractivity contribution in [3.63, 3.8) is 0 Å². The average Bonchev–Trinajstić information content (AvgIpc) is 2.57. The number of hydrogen-bond donors (Lipinski definition) is 0. The summed E-state index contributed by atoms with van der Waals surface area (Å²) in [5.74, 6) is 0.705. The van der Waals surface area contributed by atoms with Gasteiger partial charge in [0, 0.05) is 50.6 Å². The fraction of sp³-hybridized carbons (Fsp3) is 0.389. The SMILES string of the molecule is Cc1ccc(OC2CCN(C(=O)c3cncc(C)c3)CC2)nc1. The molecule has 3 rings (SSSR count). The van der Waals surface area contributed by atoms with Gasteiger partial charge in [0.15, 0.2) is 0 Å². The third-order valence-corrected chi connectivity index (χ3v) is 4.02. The van der Waals surface area contributed by atoms with Gasteiger partial charge in [0.25, 0.3) is 5.91 Å². The molecule has 1 aliphatic heterocycles. The Morgan fingerprint density at radius 1 is 1.13 bits per heavy atom. The minimum atomic E-state index is 0.0492. The number of amides is 1. The minimum absolute atomic E-state index is 0.0492. The fourth-order valence-electron chi connectivity index (χ4n) is 2.73. The molecule has 0 unspecified atom stereocenters. The zero-order chi connectivity index (χ0) is 16.2. The molecular weight excluding hydrogens is 290 g/mol. The van der Waals surface area contributed by atoms with Crippen LogP contribution in [0.1, 0.15) is 34.3 Å². The van der Waals surface area contributed by atoms with E-state index in [2.05, 4.69) is 9.97 Å². The van der Waals surface area contributed by atoms with E-state index in [-0.39, 0.29) is 12.0 Å². The largest absolute Gasteiger partial charge is 0.474 e. The summed E-state index contributed by atoms with van der Waals surface area (Å²) in [6.45, 7) is 5.34. The van der Waals surface area contributed by atoms with E-state index in [9.17, 15) is 4.79 Å². The highest BCUT2D eigenvalue weighted by molar-refractivity contribution is 5.94. The third kappa shape index (κ3) is 3.86. The maximum Gasteiger partial charge on any atom is 0.255 e. The van der Waals surface area contributed by atoms with Gasteiger partial charge in [0.05, 0.1) is 5.56 Å². The van der Waals surface area contributed by atoms with Gasteiger partial charge in [-0.25, -0.2) is 4.98 Å². The summed E-state index contributed by atoms with van der Waals surface area (Å²) in [6, 6.07) is 5.77. The van der Waals surface area contributed by atoms with Crippen LogP contribution in [0, 0.1) is 13.8 Å². The Morgan fingerprint density at radius 2 is 1.91 bits per heavy atom. The van der Waals surface area contributed by atoms with Gasteiger partial charge in [-0.3, -0.25) is 9.78 Å². The summed E-state index contributed by atoms with van der Waals surface area (Å²) in [7, 11) is 0. The number of rotatable bonds is 3. The predicted molar refractivity (Wildman–Crippen MR) is 87.5 cm³/mol. The second kappa shape index (κ2) is 6.77. The van der Waals surface area contributed by atoms with Gasteiger partial charge in [-0.15, -0.1) is 0 Å². The van der Waals surface area contributed by atoms with Crippen molar-refractivity contribution in [3.8, 4) is 5.88 Å². The molecule has 1 amide bonds. The Kier molecular flexibility index (Phi) is 4.55. The van der Waals surface area contributed by atoms with Crippen molar-refractivity contribution in [3.05, 3.63) is 53.5 Å². The number of nitrogens with zero attached hydrogens (tertiary/aromatic N) is 3. The molecule has 0 radical (unpaired) electrons. The molecule has 0 aromatic carbocycles. The lowest BCUT2D eigenvalue weighted by atomic mass is 10.1. The molecule has 120 valence electrons. The van der Waals surface area contributed by atoms with E-state index < -0.39 is 0 Å². The number of carbonyl (C=O) groups is 1. The monoisotopic (exact) mass is 311 g/mol. The Balaban J connectivity index is 1.55. The van der Waals surface area contributed by atoms with Crippen molar-refractivity contribution < 1.29 is 9.53 Å². The van der Waals surface area contributed by atoms with Crippen molar-refractivity contribution >= 4 is 5.91 Å². The number of carbonyl (C=O) groups excluding carboxylic acids is 1. The molecule has 0 aliphatic carbocycles. The first kappa shape index (κ1) is 15.5. The van der Waals surface area contributed by atoms with E-state index in [4.69, 9.17) is 4.74 Å². The molecule has 0 N–H and O–H groups in total. The van der Waals surface area contributed by atoms with Crippen molar-refractivity contribution in [1.82, 2.24) is 14.9 Å². The summed E-state index contributed by atoms with van der Waals surface area (Å²) in [6.07, 6.45) is 6.95. The highest BCUT2D eigenvalue weighted by Crippen LogP contribution is 2.19. The highest BCUT2D eigenvalue weighted by Gasteiger charge is 2.25. The van der Waals surface area contributed by atoms with Crippen LogP contribution in [-0.4, -0.2) is 40.0 Å². The minimum Gasteiger partial charge on any atom is -0.474 e. The van der Waals surface area contributed by atoms with Gasteiger partial charge in [0.1, 0.15) is 6.10 Å². The van der Waals surface area contributed by atoms with E-state index in [1.54, 1.807) is 18.6 Å². The van der Waals surface area contributed by atoms with Crippen molar-refractivity contribution in [2.45, 2.75) is 32.8 Å². The van der Waals surface area contributed by atoms with Crippen LogP contribution in [0.15, 0.2) is 36.8 Å². The summed E-state index contributed by atoms with van der Waals surface area (Å²) < 4.78 is 5.90. The lowest BCUT2D eigenvalue weighted by Crippen LogP contribution is -2.41.